The van der Waals surface area contributed by atoms with Gasteiger partial charge in [-0.2, -0.15) is 0 Å². The average Bonchev–Trinajstić information content (AvgIpc) is 2.58. The second-order valence-corrected chi connectivity index (χ2v) is 7.05. The smallest absolute Gasteiger partial charge is 0.305 e. The molecule has 0 aromatic carbocycles. The van der Waals surface area contributed by atoms with Gasteiger partial charge in [-0.15, -0.1) is 0 Å². The fraction of sp³-hybridized carbons (Fsp3) is 0.857. The number of rotatable bonds is 17. The van der Waals surface area contributed by atoms with Crippen molar-refractivity contribution in [1.82, 2.24) is 0 Å². The lowest BCUT2D eigenvalue weighted by Gasteiger charge is -2.07. The Balaban J connectivity index is 3.33. The molecule has 0 fully saturated rings. The van der Waals surface area contributed by atoms with Crippen LogP contribution >= 0.6 is 0 Å². The van der Waals surface area contributed by atoms with Crippen molar-refractivity contribution in [2.24, 2.45) is 0 Å². The summed E-state index contributed by atoms with van der Waals surface area (Å²) in [6, 6.07) is 0. The maximum atomic E-state index is 11.3. The predicted octanol–water partition coefficient (Wildman–Crippen LogP) is 4.92. The molecular formula is C21H40O4. The Bertz CT molecular complexity index is 326. The van der Waals surface area contributed by atoms with Crippen LogP contribution in [0.2, 0.25) is 0 Å². The lowest BCUT2D eigenvalue weighted by atomic mass is 10.1. The lowest BCUT2D eigenvalue weighted by molar-refractivity contribution is -0.146. The molecule has 0 amide bonds. The van der Waals surface area contributed by atoms with Gasteiger partial charge in [0.05, 0.1) is 12.2 Å². The molecule has 0 heterocycles. The van der Waals surface area contributed by atoms with Crippen molar-refractivity contribution >= 4 is 5.97 Å². The van der Waals surface area contributed by atoms with Crippen LogP contribution < -0.4 is 0 Å². The molecule has 0 aliphatic heterocycles. The van der Waals surface area contributed by atoms with E-state index in [4.69, 9.17) is 9.84 Å². The number of esters is 1. The van der Waals surface area contributed by atoms with Crippen LogP contribution in [-0.4, -0.2) is 35.0 Å². The van der Waals surface area contributed by atoms with Crippen molar-refractivity contribution in [3.8, 4) is 0 Å². The molecule has 0 aliphatic rings. The highest BCUT2D eigenvalue weighted by atomic mass is 16.5. The molecule has 2 N–H and O–H groups in total. The summed E-state index contributed by atoms with van der Waals surface area (Å²) in [5.74, 6) is -0.211. The highest BCUT2D eigenvalue weighted by molar-refractivity contribution is 5.69. The van der Waals surface area contributed by atoms with Crippen LogP contribution in [-0.2, 0) is 9.53 Å². The van der Waals surface area contributed by atoms with Gasteiger partial charge in [0.2, 0.25) is 0 Å². The van der Waals surface area contributed by atoms with Gasteiger partial charge < -0.3 is 14.9 Å². The Kier molecular flexibility index (Phi) is 17.3. The van der Waals surface area contributed by atoms with E-state index in [1.54, 1.807) is 6.92 Å². The number of hydrogen-bond donors (Lipinski definition) is 2. The monoisotopic (exact) mass is 356 g/mol. The molecule has 25 heavy (non-hydrogen) atoms. The molecule has 0 radical (unpaired) electrons. The number of unbranched alkanes of at least 4 members (excludes halogenated alkanes) is 8. The van der Waals surface area contributed by atoms with Crippen molar-refractivity contribution in [1.29, 1.82) is 0 Å². The fourth-order valence-electron chi connectivity index (χ4n) is 2.64. The SMILES string of the molecule is CCCCCCC(O)C/C=C\CCCCCCCC(=O)OC[C@@H](C)O. The lowest BCUT2D eigenvalue weighted by Crippen LogP contribution is -2.14. The van der Waals surface area contributed by atoms with E-state index in [0.29, 0.717) is 6.42 Å². The van der Waals surface area contributed by atoms with E-state index >= 15 is 0 Å². The summed E-state index contributed by atoms with van der Waals surface area (Å²) >= 11 is 0. The Morgan fingerprint density at radius 2 is 1.64 bits per heavy atom. The number of hydrogen-bond acceptors (Lipinski definition) is 4. The Labute approximate surface area is 154 Å². The fourth-order valence-corrected chi connectivity index (χ4v) is 2.64. The summed E-state index contributed by atoms with van der Waals surface area (Å²) in [5.41, 5.74) is 0. The normalized spacial score (nSPS) is 13.9. The Morgan fingerprint density at radius 1 is 0.960 bits per heavy atom. The van der Waals surface area contributed by atoms with Crippen LogP contribution in [0, 0.1) is 0 Å². The Hall–Kier alpha value is -0.870. The van der Waals surface area contributed by atoms with E-state index in [9.17, 15) is 9.90 Å². The third-order valence-corrected chi connectivity index (χ3v) is 4.20. The van der Waals surface area contributed by atoms with Gasteiger partial charge in [-0.3, -0.25) is 4.79 Å². The maximum absolute atomic E-state index is 11.3. The van der Waals surface area contributed by atoms with Gasteiger partial charge in [0.1, 0.15) is 6.61 Å². The van der Waals surface area contributed by atoms with E-state index in [0.717, 1.165) is 51.4 Å². The summed E-state index contributed by atoms with van der Waals surface area (Å²) in [7, 11) is 0. The largest absolute Gasteiger partial charge is 0.463 e. The standard InChI is InChI=1S/C21H40O4/c1-3-4-5-12-15-20(23)16-13-10-8-6-7-9-11-14-17-21(24)25-18-19(2)22/h10,13,19-20,22-23H,3-9,11-12,14-18H2,1-2H3/b13-10-/t19-,20?/m1/s1. The van der Waals surface area contributed by atoms with Crippen molar-refractivity contribution in [3.63, 3.8) is 0 Å². The molecule has 1 unspecified atom stereocenters. The molecule has 0 aromatic heterocycles. The van der Waals surface area contributed by atoms with E-state index in [1.165, 1.54) is 25.7 Å². The molecule has 0 saturated carbocycles. The summed E-state index contributed by atoms with van der Waals surface area (Å²) in [6.45, 7) is 3.90. The molecule has 0 rings (SSSR count). The van der Waals surface area contributed by atoms with Crippen molar-refractivity contribution < 1.29 is 19.7 Å². The van der Waals surface area contributed by atoms with Crippen LogP contribution in [0.3, 0.4) is 0 Å². The molecule has 0 aromatic rings. The highest BCUT2D eigenvalue weighted by Crippen LogP contribution is 2.10. The molecular weight excluding hydrogens is 316 g/mol. The van der Waals surface area contributed by atoms with Crippen LogP contribution in [0.4, 0.5) is 0 Å². The third-order valence-electron chi connectivity index (χ3n) is 4.20. The summed E-state index contributed by atoms with van der Waals surface area (Å²) in [6.07, 6.45) is 17.0. The first-order chi connectivity index (χ1) is 12.1. The molecule has 4 heteroatoms. The molecule has 0 bridgehead atoms. The van der Waals surface area contributed by atoms with Crippen LogP contribution in [0.15, 0.2) is 12.2 Å². The zero-order valence-corrected chi connectivity index (χ0v) is 16.4. The van der Waals surface area contributed by atoms with Crippen LogP contribution in [0.25, 0.3) is 0 Å². The van der Waals surface area contributed by atoms with Crippen molar-refractivity contribution in [3.05, 3.63) is 12.2 Å². The minimum atomic E-state index is -0.584. The van der Waals surface area contributed by atoms with Gasteiger partial charge in [0.15, 0.2) is 0 Å². The molecule has 0 saturated heterocycles. The van der Waals surface area contributed by atoms with Gasteiger partial charge in [0, 0.05) is 6.42 Å². The number of ether oxygens (including phenoxy) is 1. The van der Waals surface area contributed by atoms with Gasteiger partial charge in [-0.25, -0.2) is 0 Å². The molecule has 148 valence electrons. The van der Waals surface area contributed by atoms with Gasteiger partial charge in [0.25, 0.3) is 0 Å². The predicted molar refractivity (Wildman–Crippen MR) is 103 cm³/mol. The highest BCUT2D eigenvalue weighted by Gasteiger charge is 2.04. The summed E-state index contributed by atoms with van der Waals surface area (Å²) < 4.78 is 4.91. The molecule has 0 aliphatic carbocycles. The minimum Gasteiger partial charge on any atom is -0.463 e. The number of aliphatic hydroxyl groups excluding tert-OH is 2. The average molecular weight is 357 g/mol. The zero-order valence-electron chi connectivity index (χ0n) is 16.4. The van der Waals surface area contributed by atoms with Gasteiger partial charge in [-0.05, 0) is 39.0 Å². The number of carbonyl (C=O) groups excluding carboxylic acids is 1. The first kappa shape index (κ1) is 24.1. The quantitative estimate of drug-likeness (QED) is 0.220. The van der Waals surface area contributed by atoms with Crippen molar-refractivity contribution in [2.45, 2.75) is 110 Å². The first-order valence-electron chi connectivity index (χ1n) is 10.2. The molecule has 0 spiro atoms. The van der Waals surface area contributed by atoms with Crippen molar-refractivity contribution in [2.75, 3.05) is 6.61 Å². The summed E-state index contributed by atoms with van der Waals surface area (Å²) in [5, 5.41) is 18.9. The maximum Gasteiger partial charge on any atom is 0.305 e. The van der Waals surface area contributed by atoms with Crippen LogP contribution in [0.1, 0.15) is 97.3 Å². The minimum absolute atomic E-state index is 0.0958. The second-order valence-electron chi connectivity index (χ2n) is 7.05. The third kappa shape index (κ3) is 19.3. The molecule has 4 nitrogen and oxygen atoms in total. The van der Waals surface area contributed by atoms with E-state index in [1.807, 2.05) is 0 Å². The van der Waals surface area contributed by atoms with Gasteiger partial charge in [-0.1, -0.05) is 64.0 Å². The van der Waals surface area contributed by atoms with Crippen LogP contribution in [0.5, 0.6) is 0 Å². The Morgan fingerprint density at radius 3 is 2.36 bits per heavy atom. The molecule has 2 atom stereocenters. The second kappa shape index (κ2) is 17.9. The van der Waals surface area contributed by atoms with E-state index in [2.05, 4.69) is 19.1 Å². The number of aliphatic hydroxyl groups is 2. The zero-order chi connectivity index (χ0) is 18.8. The first-order valence-corrected chi connectivity index (χ1v) is 10.2. The summed E-state index contributed by atoms with van der Waals surface area (Å²) in [4.78, 5) is 11.3. The topological polar surface area (TPSA) is 66.8 Å². The number of carbonyl (C=O) groups is 1. The number of allylic oxidation sites excluding steroid dienone is 1. The van der Waals surface area contributed by atoms with E-state index < -0.39 is 6.10 Å². The van der Waals surface area contributed by atoms with Gasteiger partial charge >= 0.3 is 5.97 Å². The van der Waals surface area contributed by atoms with E-state index in [-0.39, 0.29) is 18.7 Å².